The maximum Gasteiger partial charge on any atom is 0.169 e. The SMILES string of the molecule is Cc1nc(N2CCN(C(=S)NCc3ccccc3)CC2)c(C#N)c2c1CCCC2. The molecule has 0 unspecified atom stereocenters. The maximum atomic E-state index is 9.86. The Hall–Kier alpha value is -2.65. The summed E-state index contributed by atoms with van der Waals surface area (Å²) in [6.45, 7) is 6.16. The van der Waals surface area contributed by atoms with Crippen LogP contribution in [-0.2, 0) is 19.4 Å². The number of hydrogen-bond donors (Lipinski definition) is 1. The average molecular weight is 406 g/mol. The van der Waals surface area contributed by atoms with Gasteiger partial charge in [-0.1, -0.05) is 30.3 Å². The van der Waals surface area contributed by atoms with Gasteiger partial charge in [0.1, 0.15) is 11.9 Å². The number of nitrogens with zero attached hydrogens (tertiary/aromatic N) is 4. The summed E-state index contributed by atoms with van der Waals surface area (Å²) in [7, 11) is 0. The summed E-state index contributed by atoms with van der Waals surface area (Å²) >= 11 is 5.61. The Labute approximate surface area is 178 Å². The van der Waals surface area contributed by atoms with Gasteiger partial charge in [-0.15, -0.1) is 0 Å². The highest BCUT2D eigenvalue weighted by atomic mass is 32.1. The van der Waals surface area contributed by atoms with Gasteiger partial charge in [-0.3, -0.25) is 0 Å². The smallest absolute Gasteiger partial charge is 0.169 e. The van der Waals surface area contributed by atoms with Crippen LogP contribution in [0.1, 0.15) is 40.8 Å². The Morgan fingerprint density at radius 2 is 1.79 bits per heavy atom. The van der Waals surface area contributed by atoms with E-state index in [1.165, 1.54) is 29.5 Å². The minimum atomic E-state index is 0.740. The number of thiocarbonyl (C=S) groups is 1. The summed E-state index contributed by atoms with van der Waals surface area (Å²) in [6, 6.07) is 12.8. The molecule has 1 fully saturated rings. The lowest BCUT2D eigenvalue weighted by Gasteiger charge is -2.37. The Morgan fingerprint density at radius 3 is 2.48 bits per heavy atom. The largest absolute Gasteiger partial charge is 0.358 e. The van der Waals surface area contributed by atoms with E-state index in [0.717, 1.165) is 67.8 Å². The number of rotatable bonds is 3. The van der Waals surface area contributed by atoms with Crippen molar-refractivity contribution < 1.29 is 0 Å². The van der Waals surface area contributed by atoms with Crippen LogP contribution in [0.3, 0.4) is 0 Å². The van der Waals surface area contributed by atoms with E-state index in [0.29, 0.717) is 0 Å². The molecule has 1 aromatic carbocycles. The third kappa shape index (κ3) is 4.20. The van der Waals surface area contributed by atoms with Gasteiger partial charge >= 0.3 is 0 Å². The van der Waals surface area contributed by atoms with Gasteiger partial charge in [0.05, 0.1) is 5.56 Å². The molecule has 150 valence electrons. The highest BCUT2D eigenvalue weighted by molar-refractivity contribution is 7.80. The summed E-state index contributed by atoms with van der Waals surface area (Å²) < 4.78 is 0. The Bertz CT molecular complexity index is 927. The quantitative estimate of drug-likeness (QED) is 0.791. The van der Waals surface area contributed by atoms with Gasteiger partial charge in [-0.05, 0) is 61.5 Å². The van der Waals surface area contributed by atoms with E-state index in [2.05, 4.69) is 40.2 Å². The molecule has 1 N–H and O–H groups in total. The van der Waals surface area contributed by atoms with E-state index in [1.807, 2.05) is 18.2 Å². The van der Waals surface area contributed by atoms with Crippen molar-refractivity contribution in [3.8, 4) is 6.07 Å². The third-order valence-electron chi connectivity index (χ3n) is 5.97. The molecular weight excluding hydrogens is 378 g/mol. The average Bonchev–Trinajstić information content (AvgIpc) is 2.78. The first-order valence-electron chi connectivity index (χ1n) is 10.4. The zero-order valence-corrected chi connectivity index (χ0v) is 17.8. The Balaban J connectivity index is 1.41. The van der Waals surface area contributed by atoms with Crippen molar-refractivity contribution >= 4 is 23.1 Å². The molecular formula is C23H27N5S. The molecule has 5 nitrogen and oxygen atoms in total. The van der Waals surface area contributed by atoms with Crippen LogP contribution in [0.2, 0.25) is 0 Å². The summed E-state index contributed by atoms with van der Waals surface area (Å²) in [6.07, 6.45) is 4.42. The molecule has 4 rings (SSSR count). The fourth-order valence-corrected chi connectivity index (χ4v) is 4.61. The van der Waals surface area contributed by atoms with Crippen molar-refractivity contribution in [3.05, 3.63) is 58.3 Å². The van der Waals surface area contributed by atoms with Gasteiger partial charge in [0.25, 0.3) is 0 Å². The standard InChI is InChI=1S/C23H27N5S/c1-17-19-9-5-6-10-20(19)21(15-24)22(26-17)27-11-13-28(14-12-27)23(29)25-16-18-7-3-2-4-8-18/h2-4,7-8H,5-6,9-14,16H2,1H3,(H,25,29). The summed E-state index contributed by atoms with van der Waals surface area (Å²) in [5.41, 5.74) is 5.66. The molecule has 0 radical (unpaired) electrons. The molecule has 0 bridgehead atoms. The number of pyridine rings is 1. The molecule has 2 aliphatic rings. The zero-order chi connectivity index (χ0) is 20.2. The van der Waals surface area contributed by atoms with Gasteiger partial charge in [0, 0.05) is 38.4 Å². The van der Waals surface area contributed by atoms with E-state index >= 15 is 0 Å². The monoisotopic (exact) mass is 405 g/mol. The second-order valence-corrected chi connectivity index (χ2v) is 8.18. The topological polar surface area (TPSA) is 55.2 Å². The number of hydrogen-bond acceptors (Lipinski definition) is 4. The predicted molar refractivity (Wildman–Crippen MR) is 120 cm³/mol. The second kappa shape index (κ2) is 8.79. The predicted octanol–water partition coefficient (Wildman–Crippen LogP) is 3.34. The minimum Gasteiger partial charge on any atom is -0.358 e. The highest BCUT2D eigenvalue weighted by Crippen LogP contribution is 2.32. The molecule has 1 aromatic heterocycles. The van der Waals surface area contributed by atoms with E-state index in [4.69, 9.17) is 17.2 Å². The first-order chi connectivity index (χ1) is 14.2. The van der Waals surface area contributed by atoms with Gasteiger partial charge in [-0.25, -0.2) is 4.98 Å². The van der Waals surface area contributed by atoms with Crippen LogP contribution in [-0.4, -0.2) is 41.2 Å². The van der Waals surface area contributed by atoms with Gasteiger partial charge in [0.2, 0.25) is 0 Å². The van der Waals surface area contributed by atoms with Crippen LogP contribution >= 0.6 is 12.2 Å². The molecule has 2 heterocycles. The van der Waals surface area contributed by atoms with Crippen molar-refractivity contribution in [3.63, 3.8) is 0 Å². The normalized spacial score (nSPS) is 16.1. The van der Waals surface area contributed by atoms with Crippen LogP contribution in [0.25, 0.3) is 0 Å². The van der Waals surface area contributed by atoms with Crippen molar-refractivity contribution in [2.45, 2.75) is 39.2 Å². The van der Waals surface area contributed by atoms with Crippen molar-refractivity contribution in [1.82, 2.24) is 15.2 Å². The molecule has 1 saturated heterocycles. The number of aromatic nitrogens is 1. The molecule has 0 saturated carbocycles. The van der Waals surface area contributed by atoms with Crippen molar-refractivity contribution in [2.75, 3.05) is 31.1 Å². The fourth-order valence-electron chi connectivity index (χ4n) is 4.35. The van der Waals surface area contributed by atoms with Crippen LogP contribution in [0.15, 0.2) is 30.3 Å². The summed E-state index contributed by atoms with van der Waals surface area (Å²) in [5.74, 6) is 0.869. The molecule has 0 spiro atoms. The Kier molecular flexibility index (Phi) is 5.96. The van der Waals surface area contributed by atoms with E-state index in [-0.39, 0.29) is 0 Å². The van der Waals surface area contributed by atoms with E-state index in [9.17, 15) is 5.26 Å². The lowest BCUT2D eigenvalue weighted by molar-refractivity contribution is 0.378. The first-order valence-corrected chi connectivity index (χ1v) is 10.8. The number of piperazine rings is 1. The molecule has 0 atom stereocenters. The number of benzene rings is 1. The van der Waals surface area contributed by atoms with E-state index < -0.39 is 0 Å². The van der Waals surface area contributed by atoms with Gasteiger partial charge in [0.15, 0.2) is 5.11 Å². The summed E-state index contributed by atoms with van der Waals surface area (Å²) in [4.78, 5) is 9.34. The van der Waals surface area contributed by atoms with Crippen molar-refractivity contribution in [2.24, 2.45) is 0 Å². The van der Waals surface area contributed by atoms with Crippen LogP contribution in [0.4, 0.5) is 5.82 Å². The second-order valence-electron chi connectivity index (χ2n) is 7.79. The first kappa shape index (κ1) is 19.7. The maximum absolute atomic E-state index is 9.86. The Morgan fingerprint density at radius 1 is 1.10 bits per heavy atom. The number of nitrogens with one attached hydrogen (secondary N) is 1. The van der Waals surface area contributed by atoms with Crippen LogP contribution in [0.5, 0.6) is 0 Å². The highest BCUT2D eigenvalue weighted by Gasteiger charge is 2.26. The van der Waals surface area contributed by atoms with Crippen LogP contribution in [0, 0.1) is 18.3 Å². The van der Waals surface area contributed by atoms with Crippen LogP contribution < -0.4 is 10.2 Å². The van der Waals surface area contributed by atoms with E-state index in [1.54, 1.807) is 0 Å². The molecule has 2 aromatic rings. The number of anilines is 1. The molecule has 29 heavy (non-hydrogen) atoms. The molecule has 1 aliphatic heterocycles. The number of aryl methyl sites for hydroxylation is 1. The van der Waals surface area contributed by atoms with Crippen molar-refractivity contribution in [1.29, 1.82) is 5.26 Å². The lowest BCUT2D eigenvalue weighted by Crippen LogP contribution is -2.52. The summed E-state index contributed by atoms with van der Waals surface area (Å²) in [5, 5.41) is 14.0. The molecule has 0 amide bonds. The fraction of sp³-hybridized carbons (Fsp3) is 0.435. The number of fused-ring (bicyclic) bond motifs is 1. The molecule has 6 heteroatoms. The molecule has 1 aliphatic carbocycles. The number of nitriles is 1. The zero-order valence-electron chi connectivity index (χ0n) is 16.9. The third-order valence-corrected chi connectivity index (χ3v) is 6.37. The minimum absolute atomic E-state index is 0.740. The van der Waals surface area contributed by atoms with Gasteiger partial charge < -0.3 is 15.1 Å². The lowest BCUT2D eigenvalue weighted by atomic mass is 9.88. The van der Waals surface area contributed by atoms with Gasteiger partial charge in [-0.2, -0.15) is 5.26 Å².